The van der Waals surface area contributed by atoms with E-state index in [1.165, 1.54) is 4.68 Å². The molecule has 0 saturated carbocycles. The van der Waals surface area contributed by atoms with Crippen LogP contribution in [0.3, 0.4) is 0 Å². The molecule has 2 rings (SSSR count). The molecule has 1 saturated heterocycles. The van der Waals surface area contributed by atoms with Gasteiger partial charge in [0.25, 0.3) is 0 Å². The largest absolute Gasteiger partial charge is 0.312 e. The molecule has 0 aromatic carbocycles. The van der Waals surface area contributed by atoms with Gasteiger partial charge in [-0.15, -0.1) is 0 Å². The summed E-state index contributed by atoms with van der Waals surface area (Å²) in [6, 6.07) is -0.307. The van der Waals surface area contributed by atoms with Crippen molar-refractivity contribution < 1.29 is 13.2 Å². The molecular formula is C10H14BrN3O3S. The van der Waals surface area contributed by atoms with Crippen LogP contribution in [0.2, 0.25) is 0 Å². The molecule has 2 heterocycles. The number of Topliss-reactive ketones (excluding diaryl/α,β-unsaturated/α-hetero) is 1. The average molecular weight is 336 g/mol. The van der Waals surface area contributed by atoms with E-state index in [1.807, 2.05) is 0 Å². The molecule has 0 spiro atoms. The second-order valence-corrected chi connectivity index (χ2v) is 7.44. The Hall–Kier alpha value is -0.730. The molecule has 0 radical (unpaired) electrons. The molecule has 8 heteroatoms. The van der Waals surface area contributed by atoms with E-state index < -0.39 is 9.84 Å². The molecule has 1 atom stereocenters. The maximum Gasteiger partial charge on any atom is 0.183 e. The smallest absolute Gasteiger partial charge is 0.183 e. The summed E-state index contributed by atoms with van der Waals surface area (Å²) in [4.78, 5) is 12.1. The molecule has 1 N–H and O–H groups in total. The summed E-state index contributed by atoms with van der Waals surface area (Å²) in [7, 11) is -1.33. The van der Waals surface area contributed by atoms with Crippen LogP contribution in [0.15, 0.2) is 10.7 Å². The molecular weight excluding hydrogens is 322 g/mol. The molecule has 6 nitrogen and oxygen atoms in total. The summed E-state index contributed by atoms with van der Waals surface area (Å²) in [5, 5.41) is 7.03. The summed E-state index contributed by atoms with van der Waals surface area (Å²) >= 11 is 3.26. The Morgan fingerprint density at radius 3 is 2.94 bits per heavy atom. The Kier molecular flexibility index (Phi) is 3.88. The van der Waals surface area contributed by atoms with Crippen molar-refractivity contribution in [2.45, 2.75) is 12.5 Å². The van der Waals surface area contributed by atoms with Crippen LogP contribution in [0.1, 0.15) is 16.9 Å². The second-order valence-electron chi connectivity index (χ2n) is 4.36. The monoisotopic (exact) mass is 335 g/mol. The van der Waals surface area contributed by atoms with Gasteiger partial charge in [0, 0.05) is 26.1 Å². The van der Waals surface area contributed by atoms with Gasteiger partial charge in [0.2, 0.25) is 0 Å². The van der Waals surface area contributed by atoms with Crippen molar-refractivity contribution in [3.05, 3.63) is 16.4 Å². The highest BCUT2D eigenvalue weighted by Crippen LogP contribution is 2.18. The lowest BCUT2D eigenvalue weighted by atomic mass is 10.1. The highest BCUT2D eigenvalue weighted by atomic mass is 79.9. The van der Waals surface area contributed by atoms with Gasteiger partial charge >= 0.3 is 0 Å². The van der Waals surface area contributed by atoms with Gasteiger partial charge in [-0.1, -0.05) is 0 Å². The second kappa shape index (κ2) is 5.10. The van der Waals surface area contributed by atoms with Gasteiger partial charge in [0.1, 0.15) is 5.69 Å². The van der Waals surface area contributed by atoms with Gasteiger partial charge in [-0.25, -0.2) is 8.42 Å². The number of rotatable bonds is 3. The zero-order chi connectivity index (χ0) is 13.3. The Morgan fingerprint density at radius 2 is 2.39 bits per heavy atom. The van der Waals surface area contributed by atoms with E-state index in [0.29, 0.717) is 16.7 Å². The predicted octanol–water partition coefficient (Wildman–Crippen LogP) is 0.142. The van der Waals surface area contributed by atoms with Crippen molar-refractivity contribution in [1.82, 2.24) is 15.1 Å². The van der Waals surface area contributed by atoms with Crippen molar-refractivity contribution in [1.29, 1.82) is 0 Å². The average Bonchev–Trinajstić information content (AvgIpc) is 2.57. The summed E-state index contributed by atoms with van der Waals surface area (Å²) < 4.78 is 25.1. The highest BCUT2D eigenvalue weighted by Gasteiger charge is 2.27. The SMILES string of the molecule is Cn1ncc(Br)c1C(=O)CC1CS(=O)(=O)CCN1. The zero-order valence-corrected chi connectivity index (χ0v) is 12.3. The Morgan fingerprint density at radius 1 is 1.67 bits per heavy atom. The minimum atomic E-state index is -3.02. The molecule has 0 bridgehead atoms. The lowest BCUT2D eigenvalue weighted by molar-refractivity contribution is 0.0962. The maximum atomic E-state index is 12.1. The third-order valence-corrected chi connectivity index (χ3v) is 5.21. The first kappa shape index (κ1) is 13.7. The van der Waals surface area contributed by atoms with Gasteiger partial charge in [-0.3, -0.25) is 9.48 Å². The third kappa shape index (κ3) is 2.99. The van der Waals surface area contributed by atoms with Crippen molar-refractivity contribution in [3.8, 4) is 0 Å². The molecule has 1 aromatic heterocycles. The first-order valence-corrected chi connectivity index (χ1v) is 8.15. The van der Waals surface area contributed by atoms with Crippen molar-refractivity contribution in [2.24, 2.45) is 7.05 Å². The van der Waals surface area contributed by atoms with Gasteiger partial charge in [0.15, 0.2) is 15.6 Å². The Labute approximate surface area is 114 Å². The summed E-state index contributed by atoms with van der Waals surface area (Å²) in [5.74, 6) is 0.0536. The predicted molar refractivity (Wildman–Crippen MR) is 70.3 cm³/mol. The van der Waals surface area contributed by atoms with E-state index in [0.717, 1.165) is 0 Å². The van der Waals surface area contributed by atoms with E-state index >= 15 is 0 Å². The molecule has 1 aliphatic rings. The molecule has 1 aliphatic heterocycles. The lowest BCUT2D eigenvalue weighted by Gasteiger charge is -2.22. The van der Waals surface area contributed by atoms with Crippen LogP contribution < -0.4 is 5.32 Å². The molecule has 100 valence electrons. The number of aryl methyl sites for hydroxylation is 1. The molecule has 0 amide bonds. The summed E-state index contributed by atoms with van der Waals surface area (Å²) in [6.45, 7) is 0.410. The van der Waals surface area contributed by atoms with Gasteiger partial charge in [0.05, 0.1) is 22.2 Å². The lowest BCUT2D eigenvalue weighted by Crippen LogP contribution is -2.46. The quantitative estimate of drug-likeness (QED) is 0.795. The van der Waals surface area contributed by atoms with Crippen LogP contribution in [-0.2, 0) is 16.9 Å². The molecule has 0 aliphatic carbocycles. The number of nitrogens with one attached hydrogen (secondary N) is 1. The van der Waals surface area contributed by atoms with Crippen molar-refractivity contribution in [2.75, 3.05) is 18.1 Å². The van der Waals surface area contributed by atoms with Crippen molar-refractivity contribution >= 4 is 31.6 Å². The van der Waals surface area contributed by atoms with Crippen LogP contribution in [0.4, 0.5) is 0 Å². The number of hydrogen-bond acceptors (Lipinski definition) is 5. The van der Waals surface area contributed by atoms with Crippen LogP contribution in [-0.4, -0.2) is 48.1 Å². The van der Waals surface area contributed by atoms with E-state index in [4.69, 9.17) is 0 Å². The third-order valence-electron chi connectivity index (χ3n) is 2.89. The van der Waals surface area contributed by atoms with Gasteiger partial charge in [-0.2, -0.15) is 5.10 Å². The van der Waals surface area contributed by atoms with Gasteiger partial charge < -0.3 is 5.32 Å². The summed E-state index contributed by atoms with van der Waals surface area (Å²) in [5.41, 5.74) is 0.472. The number of nitrogens with zero attached hydrogens (tertiary/aromatic N) is 2. The number of ketones is 1. The van der Waals surface area contributed by atoms with E-state index in [2.05, 4.69) is 26.3 Å². The number of carbonyl (C=O) groups excluding carboxylic acids is 1. The normalized spacial score (nSPS) is 22.9. The number of halogens is 1. The maximum absolute atomic E-state index is 12.1. The fraction of sp³-hybridized carbons (Fsp3) is 0.600. The standard InChI is InChI=1S/C10H14BrN3O3S/c1-14-10(8(11)5-13-14)9(15)4-7-6-18(16,17)3-2-12-7/h5,7,12H,2-4,6H2,1H3. The molecule has 18 heavy (non-hydrogen) atoms. The number of carbonyl (C=O) groups is 1. The van der Waals surface area contributed by atoms with Crippen molar-refractivity contribution in [3.63, 3.8) is 0 Å². The van der Waals surface area contributed by atoms with E-state index in [1.54, 1.807) is 13.2 Å². The zero-order valence-electron chi connectivity index (χ0n) is 9.89. The molecule has 1 aromatic rings. The fourth-order valence-corrected chi connectivity index (χ4v) is 4.06. The van der Waals surface area contributed by atoms with Crippen LogP contribution >= 0.6 is 15.9 Å². The number of sulfone groups is 1. The van der Waals surface area contributed by atoms with Crippen LogP contribution in [0.5, 0.6) is 0 Å². The number of hydrogen-bond donors (Lipinski definition) is 1. The van der Waals surface area contributed by atoms with Gasteiger partial charge in [-0.05, 0) is 15.9 Å². The fourth-order valence-electron chi connectivity index (χ4n) is 2.04. The Balaban J connectivity index is 2.08. The summed E-state index contributed by atoms with van der Waals surface area (Å²) in [6.07, 6.45) is 1.72. The number of aromatic nitrogens is 2. The molecule has 1 unspecified atom stereocenters. The van der Waals surface area contributed by atoms with E-state index in [9.17, 15) is 13.2 Å². The molecule has 1 fully saturated rings. The first-order chi connectivity index (χ1) is 8.39. The van der Waals surface area contributed by atoms with Crippen LogP contribution in [0, 0.1) is 0 Å². The highest BCUT2D eigenvalue weighted by molar-refractivity contribution is 9.10. The van der Waals surface area contributed by atoms with E-state index in [-0.39, 0.29) is 29.8 Å². The minimum Gasteiger partial charge on any atom is -0.312 e. The minimum absolute atomic E-state index is 0.0220. The topological polar surface area (TPSA) is 81.1 Å². The van der Waals surface area contributed by atoms with Crippen LogP contribution in [0.25, 0.3) is 0 Å². The first-order valence-electron chi connectivity index (χ1n) is 5.53. The Bertz CT molecular complexity index is 547.